The molecule has 1 unspecified atom stereocenters. The monoisotopic (exact) mass is 501 g/mol. The number of alkyl halides is 3. The topological polar surface area (TPSA) is 71.8 Å². The van der Waals surface area contributed by atoms with Gasteiger partial charge in [0, 0.05) is 37.2 Å². The summed E-state index contributed by atoms with van der Waals surface area (Å²) in [4.78, 5) is 22.8. The lowest BCUT2D eigenvalue weighted by atomic mass is 10.1. The van der Waals surface area contributed by atoms with Gasteiger partial charge in [0.2, 0.25) is 0 Å². The summed E-state index contributed by atoms with van der Waals surface area (Å²) in [5.41, 5.74) is 2.18. The Kier molecular flexibility index (Phi) is 7.09. The first-order valence-electron chi connectivity index (χ1n) is 11.0. The second-order valence-electron chi connectivity index (χ2n) is 7.99. The highest BCUT2D eigenvalue weighted by Gasteiger charge is 2.42. The van der Waals surface area contributed by atoms with Crippen LogP contribution < -0.4 is 10.1 Å². The lowest BCUT2D eigenvalue weighted by molar-refractivity contribution is -0.155. The van der Waals surface area contributed by atoms with Gasteiger partial charge >= 0.3 is 12.2 Å². The molecule has 0 aliphatic rings. The summed E-state index contributed by atoms with van der Waals surface area (Å²) >= 11 is 0. The molecule has 0 aliphatic heterocycles. The van der Waals surface area contributed by atoms with Crippen LogP contribution in [0, 0.1) is 5.82 Å². The third-order valence-electron chi connectivity index (χ3n) is 5.58. The van der Waals surface area contributed by atoms with Crippen molar-refractivity contribution in [2.45, 2.75) is 25.7 Å². The lowest BCUT2D eigenvalue weighted by Crippen LogP contribution is -2.45. The van der Waals surface area contributed by atoms with Crippen LogP contribution in [-0.4, -0.2) is 45.1 Å². The highest BCUT2D eigenvalue weighted by molar-refractivity contribution is 5.75. The Labute approximate surface area is 204 Å². The minimum absolute atomic E-state index is 0.0500. The molecule has 0 bridgehead atoms. The summed E-state index contributed by atoms with van der Waals surface area (Å²) in [6.45, 7) is 1.86. The first-order valence-corrected chi connectivity index (χ1v) is 11.0. The lowest BCUT2D eigenvalue weighted by Gasteiger charge is -2.27. The van der Waals surface area contributed by atoms with E-state index < -0.39 is 24.1 Å². The zero-order valence-electron chi connectivity index (χ0n) is 19.5. The molecular weight excluding hydrogens is 478 g/mol. The highest BCUT2D eigenvalue weighted by atomic mass is 19.4. The van der Waals surface area contributed by atoms with Crippen molar-refractivity contribution in [3.63, 3.8) is 0 Å². The van der Waals surface area contributed by atoms with E-state index in [1.54, 1.807) is 48.1 Å². The fourth-order valence-electron chi connectivity index (χ4n) is 3.81. The molecule has 0 radical (unpaired) electrons. The summed E-state index contributed by atoms with van der Waals surface area (Å²) in [5.74, 6) is -0.479. The number of methoxy groups -OCH3 is 1. The molecule has 0 spiro atoms. The molecule has 188 valence electrons. The zero-order chi connectivity index (χ0) is 25.9. The van der Waals surface area contributed by atoms with Crippen molar-refractivity contribution in [3.8, 4) is 17.1 Å². The van der Waals surface area contributed by atoms with Gasteiger partial charge in [0.25, 0.3) is 5.88 Å². The largest absolute Gasteiger partial charge is 0.478 e. The van der Waals surface area contributed by atoms with Crippen LogP contribution in [0.3, 0.4) is 0 Å². The Morgan fingerprint density at radius 3 is 2.67 bits per heavy atom. The van der Waals surface area contributed by atoms with E-state index in [-0.39, 0.29) is 18.7 Å². The van der Waals surface area contributed by atoms with Gasteiger partial charge in [-0.15, -0.1) is 0 Å². The van der Waals surface area contributed by atoms with Crippen molar-refractivity contribution in [2.24, 2.45) is 0 Å². The van der Waals surface area contributed by atoms with Crippen LogP contribution in [0.2, 0.25) is 0 Å². The normalized spacial score (nSPS) is 12.4. The number of carbonyl (C=O) groups excluding carboxylic acids is 1. The van der Waals surface area contributed by atoms with Crippen LogP contribution in [0.15, 0.2) is 67.1 Å². The molecule has 1 atom stereocenters. The SMILES string of the molecule is CCN(Cc1cccc(-c2cn3ccnc3c(OC)n2)c1)C(=O)NC(c1cccc(F)c1)C(F)(F)F. The number of benzene rings is 2. The van der Waals surface area contributed by atoms with Crippen molar-refractivity contribution in [1.29, 1.82) is 0 Å². The number of nitrogens with zero attached hydrogens (tertiary/aromatic N) is 4. The third-order valence-corrected chi connectivity index (χ3v) is 5.58. The minimum atomic E-state index is -4.81. The number of rotatable bonds is 7. The van der Waals surface area contributed by atoms with Gasteiger partial charge in [0.15, 0.2) is 11.7 Å². The smallest absolute Gasteiger partial charge is 0.412 e. The number of hydrogen-bond acceptors (Lipinski definition) is 4. The van der Waals surface area contributed by atoms with Gasteiger partial charge in [0.05, 0.1) is 12.8 Å². The predicted octanol–water partition coefficient (Wildman–Crippen LogP) is 5.38. The summed E-state index contributed by atoms with van der Waals surface area (Å²) in [5, 5.41) is 2.01. The fraction of sp³-hybridized carbons (Fsp3) is 0.240. The summed E-state index contributed by atoms with van der Waals surface area (Å²) in [6, 6.07) is 7.99. The van der Waals surface area contributed by atoms with Crippen LogP contribution in [0.25, 0.3) is 16.9 Å². The molecule has 0 saturated carbocycles. The average molecular weight is 501 g/mol. The molecule has 4 rings (SSSR count). The van der Waals surface area contributed by atoms with E-state index in [1.165, 1.54) is 18.1 Å². The van der Waals surface area contributed by atoms with Crippen molar-refractivity contribution in [3.05, 3.63) is 84.1 Å². The molecule has 0 aliphatic carbocycles. The van der Waals surface area contributed by atoms with Crippen LogP contribution in [0.5, 0.6) is 5.88 Å². The molecule has 36 heavy (non-hydrogen) atoms. The first kappa shape index (κ1) is 25.0. The molecule has 2 aromatic carbocycles. The van der Waals surface area contributed by atoms with E-state index >= 15 is 0 Å². The number of ether oxygens (including phenoxy) is 1. The van der Waals surface area contributed by atoms with Gasteiger partial charge < -0.3 is 19.4 Å². The number of halogens is 4. The number of imidazole rings is 1. The molecule has 4 aromatic rings. The van der Waals surface area contributed by atoms with Gasteiger partial charge in [-0.2, -0.15) is 13.2 Å². The fourth-order valence-corrected chi connectivity index (χ4v) is 3.81. The second-order valence-corrected chi connectivity index (χ2v) is 7.99. The Bertz CT molecular complexity index is 1370. The second kappa shape index (κ2) is 10.2. The molecule has 1 N–H and O–H groups in total. The highest BCUT2D eigenvalue weighted by Crippen LogP contribution is 2.33. The van der Waals surface area contributed by atoms with Gasteiger partial charge in [-0.3, -0.25) is 0 Å². The minimum Gasteiger partial charge on any atom is -0.478 e. The molecule has 0 fully saturated rings. The Hall–Kier alpha value is -4.15. The van der Waals surface area contributed by atoms with Gasteiger partial charge in [-0.1, -0.05) is 30.3 Å². The van der Waals surface area contributed by atoms with Gasteiger partial charge in [0.1, 0.15) is 5.82 Å². The summed E-state index contributed by atoms with van der Waals surface area (Å²) in [7, 11) is 1.49. The number of amides is 2. The molecule has 7 nitrogen and oxygen atoms in total. The Balaban J connectivity index is 1.56. The standard InChI is InChI=1S/C25H23F4N5O2/c1-3-33(24(35)32-21(25(27,28)29)18-8-5-9-19(26)13-18)14-16-6-4-7-17(12-16)20-15-34-11-10-30-22(34)23(31-20)36-2/h4-13,15,21H,3,14H2,1-2H3,(H,32,35). The maximum atomic E-state index is 13.7. The number of fused-ring (bicyclic) bond motifs is 1. The molecule has 2 aromatic heterocycles. The molecule has 0 saturated heterocycles. The van der Waals surface area contributed by atoms with E-state index in [0.29, 0.717) is 22.8 Å². The van der Waals surface area contributed by atoms with E-state index in [2.05, 4.69) is 9.97 Å². The van der Waals surface area contributed by atoms with Crippen molar-refractivity contribution >= 4 is 11.7 Å². The van der Waals surface area contributed by atoms with Crippen molar-refractivity contribution in [2.75, 3.05) is 13.7 Å². The number of aromatic nitrogens is 3. The van der Waals surface area contributed by atoms with Crippen LogP contribution in [-0.2, 0) is 6.54 Å². The van der Waals surface area contributed by atoms with E-state index in [1.807, 2.05) is 11.4 Å². The molecule has 11 heteroatoms. The Morgan fingerprint density at radius 2 is 1.97 bits per heavy atom. The maximum absolute atomic E-state index is 13.7. The summed E-state index contributed by atoms with van der Waals surface area (Å²) < 4.78 is 61.8. The number of urea groups is 1. The molecule has 2 amide bonds. The van der Waals surface area contributed by atoms with Crippen molar-refractivity contribution < 1.29 is 27.1 Å². The molecular formula is C25H23F4N5O2. The predicted molar refractivity (Wildman–Crippen MR) is 125 cm³/mol. The van der Waals surface area contributed by atoms with E-state index in [9.17, 15) is 22.4 Å². The summed E-state index contributed by atoms with van der Waals surface area (Å²) in [6.07, 6.45) is 0.349. The van der Waals surface area contributed by atoms with Crippen LogP contribution in [0.1, 0.15) is 24.1 Å². The quantitative estimate of drug-likeness (QED) is 0.345. The van der Waals surface area contributed by atoms with E-state index in [0.717, 1.165) is 23.8 Å². The number of hydrogen-bond donors (Lipinski definition) is 1. The maximum Gasteiger partial charge on any atom is 0.412 e. The number of nitrogens with one attached hydrogen (secondary N) is 1. The van der Waals surface area contributed by atoms with Crippen LogP contribution in [0.4, 0.5) is 22.4 Å². The zero-order valence-corrected chi connectivity index (χ0v) is 19.5. The first-order chi connectivity index (χ1) is 17.2. The van der Waals surface area contributed by atoms with Crippen LogP contribution >= 0.6 is 0 Å². The van der Waals surface area contributed by atoms with Gasteiger partial charge in [-0.25, -0.2) is 19.2 Å². The third kappa shape index (κ3) is 5.40. The number of carbonyl (C=O) groups is 1. The molecule has 2 heterocycles. The Morgan fingerprint density at radius 1 is 1.19 bits per heavy atom. The average Bonchev–Trinajstić information content (AvgIpc) is 3.33. The van der Waals surface area contributed by atoms with E-state index in [4.69, 9.17) is 4.74 Å². The van der Waals surface area contributed by atoms with Gasteiger partial charge in [-0.05, 0) is 36.2 Å². The van der Waals surface area contributed by atoms with Crippen molar-refractivity contribution in [1.82, 2.24) is 24.6 Å².